The van der Waals surface area contributed by atoms with Gasteiger partial charge in [-0.25, -0.2) is 4.98 Å². The fraction of sp³-hybridized carbons (Fsp3) is 0.281. The number of rotatable bonds is 10. The lowest BCUT2D eigenvalue weighted by Gasteiger charge is -2.37. The van der Waals surface area contributed by atoms with Crippen LogP contribution < -0.4 is 15.2 Å². The zero-order valence-electron chi connectivity index (χ0n) is 24.3. The van der Waals surface area contributed by atoms with Gasteiger partial charge in [0.05, 0.1) is 27.2 Å². The minimum absolute atomic E-state index is 0.0530. The van der Waals surface area contributed by atoms with Gasteiger partial charge >= 0.3 is 6.08 Å². The second-order valence-electron chi connectivity index (χ2n) is 10.3. The molecule has 0 saturated carbocycles. The summed E-state index contributed by atoms with van der Waals surface area (Å²) in [6.45, 7) is -0.0530. The average molecular weight is 602 g/mol. The van der Waals surface area contributed by atoms with Crippen molar-refractivity contribution in [1.82, 2.24) is 19.5 Å². The number of halogens is 1. The van der Waals surface area contributed by atoms with E-state index in [-0.39, 0.29) is 23.6 Å². The van der Waals surface area contributed by atoms with Crippen molar-refractivity contribution >= 4 is 17.0 Å². The SMILES string of the molecule is COc1ccc(C(OC[C@H]2O[C@@H](n3cnc4c(N)nc(F)nc43)C(OC)C2O)(c2ccccc2)c2ccc(OC)cc2)cc1. The number of anilines is 1. The minimum atomic E-state index is -1.13. The van der Waals surface area contributed by atoms with E-state index >= 15 is 0 Å². The Balaban J connectivity index is 1.40. The molecule has 1 saturated heterocycles. The number of fused-ring (bicyclic) bond motifs is 1. The number of methoxy groups -OCH3 is 3. The van der Waals surface area contributed by atoms with Crippen LogP contribution in [0.15, 0.2) is 85.2 Å². The summed E-state index contributed by atoms with van der Waals surface area (Å²) in [5.74, 6) is 1.28. The van der Waals surface area contributed by atoms with E-state index in [1.54, 1.807) is 14.2 Å². The van der Waals surface area contributed by atoms with Gasteiger partial charge in [0.15, 0.2) is 23.2 Å². The molecular formula is C32H32FN5O6. The maximum atomic E-state index is 14.1. The number of aliphatic hydroxyl groups is 1. The third-order valence-electron chi connectivity index (χ3n) is 7.92. The summed E-state index contributed by atoms with van der Waals surface area (Å²) in [5.41, 5.74) is 7.56. The quantitative estimate of drug-likeness (QED) is 0.179. The first-order valence-electron chi connectivity index (χ1n) is 13.9. The number of nitrogen functional groups attached to an aromatic ring is 1. The van der Waals surface area contributed by atoms with Gasteiger partial charge in [0.2, 0.25) is 0 Å². The average Bonchev–Trinajstić information content (AvgIpc) is 3.62. The molecule has 0 spiro atoms. The first-order valence-corrected chi connectivity index (χ1v) is 13.9. The van der Waals surface area contributed by atoms with E-state index in [1.807, 2.05) is 78.9 Å². The van der Waals surface area contributed by atoms with E-state index in [9.17, 15) is 9.50 Å². The molecule has 1 aliphatic heterocycles. The Morgan fingerprint density at radius 1 is 0.886 bits per heavy atom. The molecule has 3 N–H and O–H groups in total. The molecule has 4 atom stereocenters. The summed E-state index contributed by atoms with van der Waals surface area (Å²) >= 11 is 0. The molecule has 1 aliphatic rings. The molecule has 5 aromatic rings. The summed E-state index contributed by atoms with van der Waals surface area (Å²) in [6, 6.07) is 25.0. The summed E-state index contributed by atoms with van der Waals surface area (Å²) in [4.78, 5) is 11.6. The van der Waals surface area contributed by atoms with Gasteiger partial charge in [0, 0.05) is 7.11 Å². The normalized spacial score (nSPS) is 20.2. The molecule has 6 rings (SSSR count). The number of nitrogens with zero attached hydrogens (tertiary/aromatic N) is 4. The van der Waals surface area contributed by atoms with E-state index in [2.05, 4.69) is 15.0 Å². The lowest BCUT2D eigenvalue weighted by molar-refractivity contribution is -0.0948. The van der Waals surface area contributed by atoms with Gasteiger partial charge in [-0.3, -0.25) is 4.57 Å². The topological polar surface area (TPSA) is 136 Å². The van der Waals surface area contributed by atoms with Crippen molar-refractivity contribution in [3.05, 3.63) is 108 Å². The zero-order chi connectivity index (χ0) is 30.8. The van der Waals surface area contributed by atoms with Gasteiger partial charge < -0.3 is 34.5 Å². The van der Waals surface area contributed by atoms with Crippen LogP contribution in [0.2, 0.25) is 0 Å². The van der Waals surface area contributed by atoms with Crippen LogP contribution >= 0.6 is 0 Å². The number of ether oxygens (including phenoxy) is 5. The predicted octanol–water partition coefficient (Wildman–Crippen LogP) is 3.85. The third-order valence-corrected chi connectivity index (χ3v) is 7.92. The van der Waals surface area contributed by atoms with Crippen LogP contribution in [-0.4, -0.2) is 70.9 Å². The first kappa shape index (κ1) is 29.5. The number of benzene rings is 3. The second kappa shape index (κ2) is 12.2. The second-order valence-corrected chi connectivity index (χ2v) is 10.3. The van der Waals surface area contributed by atoms with Gasteiger partial charge in [0.1, 0.15) is 35.4 Å². The number of aromatic nitrogens is 4. The molecule has 0 bridgehead atoms. The molecule has 3 aromatic carbocycles. The largest absolute Gasteiger partial charge is 0.497 e. The van der Waals surface area contributed by atoms with E-state index in [1.165, 1.54) is 18.0 Å². The third kappa shape index (κ3) is 5.11. The number of hydrogen-bond acceptors (Lipinski definition) is 10. The van der Waals surface area contributed by atoms with Crippen molar-refractivity contribution in [2.75, 3.05) is 33.7 Å². The zero-order valence-corrected chi connectivity index (χ0v) is 24.3. The monoisotopic (exact) mass is 601 g/mol. The van der Waals surface area contributed by atoms with E-state index in [0.29, 0.717) is 11.5 Å². The Hall–Kier alpha value is -4.62. The van der Waals surface area contributed by atoms with Crippen molar-refractivity contribution in [2.45, 2.75) is 30.1 Å². The maximum absolute atomic E-state index is 14.1. The van der Waals surface area contributed by atoms with Crippen LogP contribution in [0, 0.1) is 6.08 Å². The first-order chi connectivity index (χ1) is 21.4. The van der Waals surface area contributed by atoms with Crippen LogP contribution in [0.5, 0.6) is 11.5 Å². The minimum Gasteiger partial charge on any atom is -0.497 e. The van der Waals surface area contributed by atoms with Crippen LogP contribution in [0.3, 0.4) is 0 Å². The molecule has 2 unspecified atom stereocenters. The molecule has 2 aromatic heterocycles. The summed E-state index contributed by atoms with van der Waals surface area (Å²) < 4.78 is 45.4. The number of aliphatic hydroxyl groups excluding tert-OH is 1. The van der Waals surface area contributed by atoms with Crippen molar-refractivity contribution in [1.29, 1.82) is 0 Å². The number of nitrogens with two attached hydrogens (primary N) is 1. The smallest absolute Gasteiger partial charge is 0.312 e. The van der Waals surface area contributed by atoms with Crippen molar-refractivity contribution in [3.8, 4) is 11.5 Å². The predicted molar refractivity (Wildman–Crippen MR) is 159 cm³/mol. The van der Waals surface area contributed by atoms with Crippen LogP contribution in [0.25, 0.3) is 11.2 Å². The van der Waals surface area contributed by atoms with Gasteiger partial charge in [-0.15, -0.1) is 0 Å². The fourth-order valence-corrected chi connectivity index (χ4v) is 5.71. The van der Waals surface area contributed by atoms with Gasteiger partial charge in [-0.05, 0) is 41.0 Å². The Morgan fingerprint density at radius 3 is 2.05 bits per heavy atom. The van der Waals surface area contributed by atoms with Crippen molar-refractivity contribution in [2.24, 2.45) is 0 Å². The molecule has 44 heavy (non-hydrogen) atoms. The highest BCUT2D eigenvalue weighted by Gasteiger charge is 2.48. The van der Waals surface area contributed by atoms with Crippen LogP contribution in [0.4, 0.5) is 10.2 Å². The molecular weight excluding hydrogens is 569 g/mol. The molecule has 0 amide bonds. The molecule has 1 fully saturated rings. The van der Waals surface area contributed by atoms with Gasteiger partial charge in [-0.1, -0.05) is 54.6 Å². The number of hydrogen-bond donors (Lipinski definition) is 2. The molecule has 0 radical (unpaired) electrons. The van der Waals surface area contributed by atoms with Crippen molar-refractivity contribution in [3.63, 3.8) is 0 Å². The van der Waals surface area contributed by atoms with Crippen LogP contribution in [-0.2, 0) is 19.8 Å². The standard InChI is InChI=1S/C32H32FN5O6/c1-40-22-13-9-20(10-14-22)32(19-7-5-4-6-8-19,21-11-15-23(41-2)16-12-21)43-17-24-26(39)27(42-3)30(44-24)38-18-35-25-28(34)36-31(33)37-29(25)38/h4-16,18,24,26-27,30,39H,17H2,1-3H3,(H2,34,36,37)/t24-,26?,27?,30-/m1/s1. The maximum Gasteiger partial charge on any atom is 0.312 e. The molecule has 3 heterocycles. The Morgan fingerprint density at radius 2 is 1.48 bits per heavy atom. The molecule has 12 heteroatoms. The Kier molecular flexibility index (Phi) is 8.15. The highest BCUT2D eigenvalue weighted by molar-refractivity contribution is 5.81. The lowest BCUT2D eigenvalue weighted by Crippen LogP contribution is -2.40. The highest BCUT2D eigenvalue weighted by atomic mass is 19.1. The van der Waals surface area contributed by atoms with E-state index in [4.69, 9.17) is 29.4 Å². The molecule has 228 valence electrons. The molecule has 11 nitrogen and oxygen atoms in total. The fourth-order valence-electron chi connectivity index (χ4n) is 5.71. The Labute approximate surface area is 253 Å². The lowest BCUT2D eigenvalue weighted by atomic mass is 9.80. The summed E-state index contributed by atoms with van der Waals surface area (Å²) in [5, 5.41) is 11.4. The van der Waals surface area contributed by atoms with Crippen molar-refractivity contribution < 1.29 is 33.2 Å². The highest BCUT2D eigenvalue weighted by Crippen LogP contribution is 2.43. The van der Waals surface area contributed by atoms with Gasteiger partial charge in [0.25, 0.3) is 0 Å². The molecule has 0 aliphatic carbocycles. The van der Waals surface area contributed by atoms with Crippen LogP contribution in [0.1, 0.15) is 22.9 Å². The van der Waals surface area contributed by atoms with Gasteiger partial charge in [-0.2, -0.15) is 14.4 Å². The summed E-state index contributed by atoms with van der Waals surface area (Å²) in [7, 11) is 4.68. The number of imidazole rings is 1. The van der Waals surface area contributed by atoms with E-state index < -0.39 is 36.2 Å². The van der Waals surface area contributed by atoms with E-state index in [0.717, 1.165) is 16.7 Å². The summed E-state index contributed by atoms with van der Waals surface area (Å²) in [6.07, 6.45) is -3.33. The Bertz CT molecular complexity index is 1670.